The van der Waals surface area contributed by atoms with Gasteiger partial charge in [0, 0.05) is 43.2 Å². The predicted molar refractivity (Wildman–Crippen MR) is 87.6 cm³/mol. The normalized spacial score (nSPS) is 22.7. The quantitative estimate of drug-likeness (QED) is 0.850. The highest BCUT2D eigenvalue weighted by molar-refractivity contribution is 8.00. The van der Waals surface area contributed by atoms with E-state index in [1.54, 1.807) is 25.1 Å². The second-order valence-electron chi connectivity index (χ2n) is 5.64. The molecule has 1 fully saturated rings. The van der Waals surface area contributed by atoms with E-state index in [-0.39, 0.29) is 5.91 Å². The topological polar surface area (TPSA) is 49.6 Å². The third kappa shape index (κ3) is 3.20. The Morgan fingerprint density at radius 3 is 2.45 bits per heavy atom. The summed E-state index contributed by atoms with van der Waals surface area (Å²) < 4.78 is 0. The number of hydrogen-bond acceptors (Lipinski definition) is 4. The van der Waals surface area contributed by atoms with Crippen LogP contribution >= 0.6 is 11.8 Å². The van der Waals surface area contributed by atoms with Gasteiger partial charge in [-0.15, -0.1) is 0 Å². The summed E-state index contributed by atoms with van der Waals surface area (Å²) in [6.45, 7) is 6.41. The lowest BCUT2D eigenvalue weighted by Crippen LogP contribution is -2.40. The van der Waals surface area contributed by atoms with Crippen molar-refractivity contribution in [1.29, 1.82) is 0 Å². The van der Waals surface area contributed by atoms with Gasteiger partial charge >= 0.3 is 0 Å². The van der Waals surface area contributed by atoms with Gasteiger partial charge in [-0.05, 0) is 18.2 Å². The molecule has 2 unspecified atom stereocenters. The summed E-state index contributed by atoms with van der Waals surface area (Å²) in [5.41, 5.74) is 8.53. The fourth-order valence-electron chi connectivity index (χ4n) is 2.58. The van der Waals surface area contributed by atoms with Gasteiger partial charge in [0.05, 0.1) is 11.4 Å². The van der Waals surface area contributed by atoms with Gasteiger partial charge in [0.25, 0.3) is 5.91 Å². The van der Waals surface area contributed by atoms with Gasteiger partial charge in [0.15, 0.2) is 0 Å². The molecule has 5 heteroatoms. The zero-order valence-electron chi connectivity index (χ0n) is 12.6. The van der Waals surface area contributed by atoms with Crippen molar-refractivity contribution in [3.63, 3.8) is 0 Å². The third-order valence-corrected chi connectivity index (χ3v) is 4.67. The monoisotopic (exact) mass is 293 g/mol. The average Bonchev–Trinajstić information content (AvgIpc) is 2.37. The number of rotatable bonds is 2. The van der Waals surface area contributed by atoms with Crippen LogP contribution in [0.3, 0.4) is 0 Å². The number of nitrogen functional groups attached to an aromatic ring is 1. The molecule has 1 saturated heterocycles. The molecule has 0 bridgehead atoms. The fraction of sp³-hybridized carbons (Fsp3) is 0.533. The number of hydrogen-bond donors (Lipinski definition) is 1. The van der Waals surface area contributed by atoms with E-state index in [9.17, 15) is 4.79 Å². The molecule has 0 saturated carbocycles. The maximum absolute atomic E-state index is 12.1. The molecule has 0 aliphatic carbocycles. The SMILES string of the molecule is CC1CN(c2cc(C(=O)N(C)C)ccc2N)CC(C)S1. The number of amides is 1. The van der Waals surface area contributed by atoms with Crippen molar-refractivity contribution in [2.45, 2.75) is 24.3 Å². The summed E-state index contributed by atoms with van der Waals surface area (Å²) >= 11 is 2.00. The first-order valence-electron chi connectivity index (χ1n) is 6.90. The number of nitrogens with zero attached hydrogens (tertiary/aromatic N) is 2. The Balaban J connectivity index is 2.31. The second kappa shape index (κ2) is 5.95. The van der Waals surface area contributed by atoms with E-state index in [4.69, 9.17) is 5.73 Å². The first-order chi connectivity index (χ1) is 9.38. The van der Waals surface area contributed by atoms with Crippen LogP contribution in [0.2, 0.25) is 0 Å². The Bertz CT molecular complexity index is 494. The zero-order valence-corrected chi connectivity index (χ0v) is 13.4. The van der Waals surface area contributed by atoms with Crippen molar-refractivity contribution in [2.24, 2.45) is 0 Å². The van der Waals surface area contributed by atoms with Crippen molar-refractivity contribution < 1.29 is 4.79 Å². The molecule has 1 aliphatic rings. The van der Waals surface area contributed by atoms with E-state index in [0.29, 0.717) is 16.1 Å². The number of benzene rings is 1. The molecule has 2 rings (SSSR count). The van der Waals surface area contributed by atoms with Gasteiger partial charge in [0.2, 0.25) is 0 Å². The molecule has 1 heterocycles. The maximum Gasteiger partial charge on any atom is 0.253 e. The Morgan fingerprint density at radius 2 is 1.90 bits per heavy atom. The van der Waals surface area contributed by atoms with Crippen molar-refractivity contribution >= 4 is 29.0 Å². The minimum Gasteiger partial charge on any atom is -0.397 e. The van der Waals surface area contributed by atoms with E-state index >= 15 is 0 Å². The maximum atomic E-state index is 12.1. The molecular formula is C15H23N3OS. The lowest BCUT2D eigenvalue weighted by Gasteiger charge is -2.37. The molecule has 2 N–H and O–H groups in total. The summed E-state index contributed by atoms with van der Waals surface area (Å²) in [6, 6.07) is 5.56. The van der Waals surface area contributed by atoms with Crippen LogP contribution < -0.4 is 10.6 Å². The van der Waals surface area contributed by atoms with E-state index in [1.807, 2.05) is 23.9 Å². The standard InChI is InChI=1S/C15H23N3OS/c1-10-8-18(9-11(2)20-10)14-7-12(5-6-13(14)16)15(19)17(3)4/h5-7,10-11H,8-9,16H2,1-4H3. The summed E-state index contributed by atoms with van der Waals surface area (Å²) in [5.74, 6) is 0.0127. The molecule has 20 heavy (non-hydrogen) atoms. The average molecular weight is 293 g/mol. The van der Waals surface area contributed by atoms with Crippen LogP contribution in [0.15, 0.2) is 18.2 Å². The van der Waals surface area contributed by atoms with Crippen LogP contribution in [0, 0.1) is 0 Å². The van der Waals surface area contributed by atoms with Gasteiger partial charge in [0.1, 0.15) is 0 Å². The molecule has 1 amide bonds. The number of anilines is 2. The van der Waals surface area contributed by atoms with Crippen molar-refractivity contribution in [1.82, 2.24) is 4.90 Å². The molecule has 1 aliphatic heterocycles. The highest BCUT2D eigenvalue weighted by Gasteiger charge is 2.24. The minimum absolute atomic E-state index is 0.0127. The predicted octanol–water partition coefficient (Wildman–Crippen LogP) is 2.30. The number of thioether (sulfide) groups is 1. The first-order valence-corrected chi connectivity index (χ1v) is 7.84. The van der Waals surface area contributed by atoms with Gasteiger partial charge in [-0.3, -0.25) is 4.79 Å². The van der Waals surface area contributed by atoms with Crippen LogP contribution in [-0.4, -0.2) is 48.5 Å². The van der Waals surface area contributed by atoms with Crippen molar-refractivity contribution in [3.8, 4) is 0 Å². The second-order valence-corrected chi connectivity index (χ2v) is 7.52. The highest BCUT2D eigenvalue weighted by Crippen LogP contribution is 2.32. The van der Waals surface area contributed by atoms with Crippen molar-refractivity contribution in [2.75, 3.05) is 37.8 Å². The van der Waals surface area contributed by atoms with Crippen LogP contribution in [0.4, 0.5) is 11.4 Å². The summed E-state index contributed by atoms with van der Waals surface area (Å²) in [4.78, 5) is 16.0. The summed E-state index contributed by atoms with van der Waals surface area (Å²) in [5, 5.41) is 1.15. The fourth-order valence-corrected chi connectivity index (χ4v) is 3.91. The molecule has 2 atom stereocenters. The summed E-state index contributed by atoms with van der Waals surface area (Å²) in [6.07, 6.45) is 0. The largest absolute Gasteiger partial charge is 0.397 e. The first kappa shape index (κ1) is 15.0. The van der Waals surface area contributed by atoms with Crippen LogP contribution in [-0.2, 0) is 0 Å². The van der Waals surface area contributed by atoms with Gasteiger partial charge in [-0.25, -0.2) is 0 Å². The Kier molecular flexibility index (Phi) is 4.48. The number of carbonyl (C=O) groups is 1. The van der Waals surface area contributed by atoms with Gasteiger partial charge in [-0.1, -0.05) is 13.8 Å². The number of carbonyl (C=O) groups excluding carboxylic acids is 1. The molecule has 0 radical (unpaired) electrons. The Hall–Kier alpha value is -1.36. The molecule has 110 valence electrons. The molecule has 4 nitrogen and oxygen atoms in total. The van der Waals surface area contributed by atoms with E-state index in [1.165, 1.54) is 0 Å². The minimum atomic E-state index is 0.0127. The smallest absolute Gasteiger partial charge is 0.253 e. The highest BCUT2D eigenvalue weighted by atomic mass is 32.2. The van der Waals surface area contributed by atoms with Crippen LogP contribution in [0.1, 0.15) is 24.2 Å². The molecule has 0 spiro atoms. The molecule has 1 aromatic carbocycles. The molecular weight excluding hydrogens is 270 g/mol. The zero-order chi connectivity index (χ0) is 14.9. The number of nitrogens with two attached hydrogens (primary N) is 1. The van der Waals surface area contributed by atoms with E-state index in [2.05, 4.69) is 18.7 Å². The van der Waals surface area contributed by atoms with Crippen LogP contribution in [0.5, 0.6) is 0 Å². The van der Waals surface area contributed by atoms with Gasteiger partial charge in [-0.2, -0.15) is 11.8 Å². The van der Waals surface area contributed by atoms with Gasteiger partial charge < -0.3 is 15.5 Å². The molecule has 0 aromatic heterocycles. The van der Waals surface area contributed by atoms with Crippen LogP contribution in [0.25, 0.3) is 0 Å². The van der Waals surface area contributed by atoms with Crippen molar-refractivity contribution in [3.05, 3.63) is 23.8 Å². The third-order valence-electron chi connectivity index (χ3n) is 3.44. The lowest BCUT2D eigenvalue weighted by atomic mass is 10.1. The summed E-state index contributed by atoms with van der Waals surface area (Å²) in [7, 11) is 3.53. The van der Waals surface area contributed by atoms with E-state index in [0.717, 1.165) is 24.5 Å². The lowest BCUT2D eigenvalue weighted by molar-refractivity contribution is 0.0827. The van der Waals surface area contributed by atoms with E-state index < -0.39 is 0 Å². The Morgan fingerprint density at radius 1 is 1.30 bits per heavy atom. The molecule has 1 aromatic rings. The Labute approximate surface area is 125 Å².